The highest BCUT2D eigenvalue weighted by atomic mass is 16.6. The lowest BCUT2D eigenvalue weighted by Gasteiger charge is -2.11. The summed E-state index contributed by atoms with van der Waals surface area (Å²) in [4.78, 5) is 10.7. The topological polar surface area (TPSA) is 108 Å². The van der Waals surface area contributed by atoms with E-state index in [4.69, 9.17) is 4.74 Å². The van der Waals surface area contributed by atoms with Crippen LogP contribution in [-0.4, -0.2) is 32.2 Å². The number of ether oxygens (including phenoxy) is 1. The van der Waals surface area contributed by atoms with Crippen molar-refractivity contribution in [3.63, 3.8) is 0 Å². The van der Waals surface area contributed by atoms with E-state index in [0.717, 1.165) is 5.69 Å². The molecule has 0 bridgehead atoms. The van der Waals surface area contributed by atoms with Gasteiger partial charge in [0.15, 0.2) is 0 Å². The Hall–Kier alpha value is -3.49. The van der Waals surface area contributed by atoms with Gasteiger partial charge >= 0.3 is 0 Å². The summed E-state index contributed by atoms with van der Waals surface area (Å²) in [5.74, 6) is 0.610. The fraction of sp³-hybridized carbons (Fsp3) is 0.133. The Balaban J connectivity index is 1.84. The molecule has 0 saturated heterocycles. The van der Waals surface area contributed by atoms with E-state index in [1.165, 1.54) is 17.1 Å². The first-order chi connectivity index (χ1) is 11.7. The van der Waals surface area contributed by atoms with Crippen molar-refractivity contribution in [3.8, 4) is 11.4 Å². The first-order valence-electron chi connectivity index (χ1n) is 7.06. The number of para-hydroxylation sites is 1. The predicted octanol–water partition coefficient (Wildman–Crippen LogP) is 2.19. The first kappa shape index (κ1) is 15.4. The monoisotopic (exact) mass is 326 g/mol. The second-order valence-electron chi connectivity index (χ2n) is 4.88. The van der Waals surface area contributed by atoms with E-state index in [-0.39, 0.29) is 5.69 Å². The molecule has 3 rings (SSSR count). The van der Waals surface area contributed by atoms with Gasteiger partial charge in [0.2, 0.25) is 0 Å². The molecule has 1 aromatic heterocycles. The van der Waals surface area contributed by atoms with Gasteiger partial charge in [0.1, 0.15) is 17.8 Å². The average Bonchev–Trinajstić information content (AvgIpc) is 3.14. The molecular formula is C15H14N6O3. The second kappa shape index (κ2) is 6.73. The maximum absolute atomic E-state index is 11.1. The first-order valence-corrected chi connectivity index (χ1v) is 7.06. The van der Waals surface area contributed by atoms with Gasteiger partial charge in [-0.25, -0.2) is 0 Å². The molecule has 0 aliphatic rings. The highest BCUT2D eigenvalue weighted by Gasteiger charge is 2.13. The number of nitro benzene ring substituents is 1. The van der Waals surface area contributed by atoms with Crippen molar-refractivity contribution in [2.45, 2.75) is 6.54 Å². The molecule has 0 radical (unpaired) electrons. The van der Waals surface area contributed by atoms with Crippen molar-refractivity contribution in [3.05, 3.63) is 64.5 Å². The molecule has 0 aliphatic heterocycles. The van der Waals surface area contributed by atoms with E-state index >= 15 is 0 Å². The normalized spacial score (nSPS) is 10.4. The Labute approximate surface area is 137 Å². The zero-order valence-corrected chi connectivity index (χ0v) is 12.8. The summed E-state index contributed by atoms with van der Waals surface area (Å²) < 4.78 is 6.79. The number of nitrogens with one attached hydrogen (secondary N) is 1. The molecule has 0 aliphatic carbocycles. The molecule has 24 heavy (non-hydrogen) atoms. The van der Waals surface area contributed by atoms with Crippen molar-refractivity contribution in [1.82, 2.24) is 20.2 Å². The van der Waals surface area contributed by atoms with E-state index in [1.807, 2.05) is 12.1 Å². The SMILES string of the molecule is COc1ccc(NCc2ccccc2[N+](=O)[O-])cc1-n1cnnn1. The number of benzene rings is 2. The number of tetrazole rings is 1. The number of methoxy groups -OCH3 is 1. The third kappa shape index (κ3) is 3.14. The lowest BCUT2D eigenvalue weighted by Crippen LogP contribution is -2.05. The number of hydrogen-bond donors (Lipinski definition) is 1. The Morgan fingerprint density at radius 3 is 2.83 bits per heavy atom. The molecule has 0 saturated carbocycles. The summed E-state index contributed by atoms with van der Waals surface area (Å²) in [6, 6.07) is 12.0. The number of rotatable bonds is 6. The van der Waals surface area contributed by atoms with E-state index in [2.05, 4.69) is 20.8 Å². The molecule has 1 N–H and O–H groups in total. The third-order valence-corrected chi connectivity index (χ3v) is 3.45. The number of nitro groups is 1. The second-order valence-corrected chi connectivity index (χ2v) is 4.88. The summed E-state index contributed by atoms with van der Waals surface area (Å²) >= 11 is 0. The smallest absolute Gasteiger partial charge is 0.274 e. The zero-order chi connectivity index (χ0) is 16.9. The standard InChI is InChI=1S/C15H14N6O3/c1-24-15-7-6-12(8-14(15)20-10-17-18-19-20)16-9-11-4-2-3-5-13(11)21(22)23/h2-8,10,16H,9H2,1H3. The summed E-state index contributed by atoms with van der Waals surface area (Å²) in [7, 11) is 1.56. The molecule has 1 heterocycles. The Morgan fingerprint density at radius 1 is 1.29 bits per heavy atom. The van der Waals surface area contributed by atoms with Gasteiger partial charge in [-0.2, -0.15) is 4.68 Å². The van der Waals surface area contributed by atoms with Crippen molar-refractivity contribution in [2.75, 3.05) is 12.4 Å². The summed E-state index contributed by atoms with van der Waals surface area (Å²) in [6.07, 6.45) is 1.46. The van der Waals surface area contributed by atoms with Gasteiger partial charge < -0.3 is 10.1 Å². The molecule has 0 amide bonds. The van der Waals surface area contributed by atoms with Gasteiger partial charge in [-0.3, -0.25) is 10.1 Å². The van der Waals surface area contributed by atoms with Crippen molar-refractivity contribution in [2.24, 2.45) is 0 Å². The maximum atomic E-state index is 11.1. The molecule has 122 valence electrons. The van der Waals surface area contributed by atoms with Crippen LogP contribution >= 0.6 is 0 Å². The van der Waals surface area contributed by atoms with Crippen LogP contribution < -0.4 is 10.1 Å². The minimum absolute atomic E-state index is 0.0826. The maximum Gasteiger partial charge on any atom is 0.274 e. The van der Waals surface area contributed by atoms with Gasteiger partial charge in [-0.1, -0.05) is 18.2 Å². The van der Waals surface area contributed by atoms with Crippen LogP contribution in [0.3, 0.4) is 0 Å². The Morgan fingerprint density at radius 2 is 2.12 bits per heavy atom. The van der Waals surface area contributed by atoms with Crippen molar-refractivity contribution in [1.29, 1.82) is 0 Å². The Bertz CT molecular complexity index is 850. The van der Waals surface area contributed by atoms with Crippen LogP contribution in [0.25, 0.3) is 5.69 Å². The average molecular weight is 326 g/mol. The lowest BCUT2D eigenvalue weighted by atomic mass is 10.1. The summed E-state index contributed by atoms with van der Waals surface area (Å²) in [5, 5.41) is 25.3. The molecule has 9 heteroatoms. The highest BCUT2D eigenvalue weighted by molar-refractivity contribution is 5.58. The van der Waals surface area contributed by atoms with Crippen LogP contribution in [0.1, 0.15) is 5.56 Å². The van der Waals surface area contributed by atoms with Crippen molar-refractivity contribution < 1.29 is 9.66 Å². The molecule has 0 fully saturated rings. The highest BCUT2D eigenvalue weighted by Crippen LogP contribution is 2.26. The van der Waals surface area contributed by atoms with E-state index in [1.54, 1.807) is 31.4 Å². The zero-order valence-electron chi connectivity index (χ0n) is 12.8. The number of aromatic nitrogens is 4. The van der Waals surface area contributed by atoms with Crippen LogP contribution in [0.15, 0.2) is 48.8 Å². The molecule has 3 aromatic rings. The molecule has 0 unspecified atom stereocenters. The van der Waals surface area contributed by atoms with E-state index in [0.29, 0.717) is 23.5 Å². The largest absolute Gasteiger partial charge is 0.494 e. The van der Waals surface area contributed by atoms with Gasteiger partial charge in [-0.05, 0) is 28.6 Å². The summed E-state index contributed by atoms with van der Waals surface area (Å²) in [6.45, 7) is 0.318. The van der Waals surface area contributed by atoms with E-state index in [9.17, 15) is 10.1 Å². The molecule has 2 aromatic carbocycles. The minimum atomic E-state index is -0.391. The quantitative estimate of drug-likeness (QED) is 0.546. The number of hydrogen-bond acceptors (Lipinski definition) is 7. The lowest BCUT2D eigenvalue weighted by molar-refractivity contribution is -0.385. The van der Waals surface area contributed by atoms with Gasteiger partial charge in [0.25, 0.3) is 5.69 Å². The number of anilines is 1. The third-order valence-electron chi connectivity index (χ3n) is 3.45. The molecule has 0 spiro atoms. The fourth-order valence-electron chi connectivity index (χ4n) is 2.29. The van der Waals surface area contributed by atoms with Crippen LogP contribution in [0, 0.1) is 10.1 Å². The molecule has 9 nitrogen and oxygen atoms in total. The van der Waals surface area contributed by atoms with Crippen LogP contribution in [0.4, 0.5) is 11.4 Å². The van der Waals surface area contributed by atoms with Gasteiger partial charge in [0.05, 0.1) is 12.0 Å². The van der Waals surface area contributed by atoms with Crippen LogP contribution in [0.5, 0.6) is 5.75 Å². The van der Waals surface area contributed by atoms with Crippen molar-refractivity contribution >= 4 is 11.4 Å². The van der Waals surface area contributed by atoms with Crippen LogP contribution in [0.2, 0.25) is 0 Å². The predicted molar refractivity (Wildman–Crippen MR) is 86.1 cm³/mol. The van der Waals surface area contributed by atoms with Gasteiger partial charge in [0, 0.05) is 23.9 Å². The van der Waals surface area contributed by atoms with Gasteiger partial charge in [-0.15, -0.1) is 5.10 Å². The van der Waals surface area contributed by atoms with Crippen LogP contribution in [-0.2, 0) is 6.54 Å². The Kier molecular flexibility index (Phi) is 4.32. The molecule has 0 atom stereocenters. The fourth-order valence-corrected chi connectivity index (χ4v) is 2.29. The summed E-state index contributed by atoms with van der Waals surface area (Å²) in [5.41, 5.74) is 2.11. The minimum Gasteiger partial charge on any atom is -0.494 e. The number of nitrogens with zero attached hydrogens (tertiary/aromatic N) is 5. The molecular weight excluding hydrogens is 312 g/mol. The van der Waals surface area contributed by atoms with E-state index < -0.39 is 4.92 Å².